The number of nitrogens with one attached hydrogen (secondary N) is 2. The van der Waals surface area contributed by atoms with Gasteiger partial charge < -0.3 is 10.6 Å². The molecule has 1 aliphatic heterocycles. The molecular formula is C12H17BrN4O. The summed E-state index contributed by atoms with van der Waals surface area (Å²) in [5, 5.41) is 6.02. The van der Waals surface area contributed by atoms with Crippen LogP contribution in [0.2, 0.25) is 0 Å². The number of halogens is 1. The van der Waals surface area contributed by atoms with Crippen LogP contribution in [0.5, 0.6) is 0 Å². The summed E-state index contributed by atoms with van der Waals surface area (Å²) in [5.41, 5.74) is 0. The van der Waals surface area contributed by atoms with Crippen LogP contribution in [0.1, 0.15) is 6.92 Å². The van der Waals surface area contributed by atoms with E-state index in [9.17, 15) is 4.79 Å². The summed E-state index contributed by atoms with van der Waals surface area (Å²) < 4.78 is 0.899. The summed E-state index contributed by atoms with van der Waals surface area (Å²) in [7, 11) is 0. The van der Waals surface area contributed by atoms with Gasteiger partial charge in [0.25, 0.3) is 0 Å². The van der Waals surface area contributed by atoms with Crippen molar-refractivity contribution in [1.82, 2.24) is 15.2 Å². The maximum atomic E-state index is 11.9. The highest BCUT2D eigenvalue weighted by molar-refractivity contribution is 9.10. The second-order valence-corrected chi connectivity index (χ2v) is 5.20. The quantitative estimate of drug-likeness (QED) is 0.854. The van der Waals surface area contributed by atoms with E-state index in [0.717, 1.165) is 24.1 Å². The molecule has 2 rings (SSSR count). The Labute approximate surface area is 115 Å². The highest BCUT2D eigenvalue weighted by Gasteiger charge is 2.24. The molecule has 1 saturated heterocycles. The molecule has 0 atom stereocenters. The first kappa shape index (κ1) is 13.5. The minimum atomic E-state index is -0.0152. The van der Waals surface area contributed by atoms with Crippen molar-refractivity contribution in [1.29, 1.82) is 0 Å². The monoisotopic (exact) mass is 312 g/mol. The Morgan fingerprint density at radius 2 is 2.39 bits per heavy atom. The van der Waals surface area contributed by atoms with Crippen LogP contribution in [0.4, 0.5) is 5.82 Å². The van der Waals surface area contributed by atoms with E-state index in [2.05, 4.69) is 43.4 Å². The molecule has 5 nitrogen and oxygen atoms in total. The Morgan fingerprint density at radius 3 is 2.89 bits per heavy atom. The molecule has 0 radical (unpaired) electrons. The van der Waals surface area contributed by atoms with Crippen LogP contribution in [-0.4, -0.2) is 48.0 Å². The van der Waals surface area contributed by atoms with E-state index in [1.807, 2.05) is 6.07 Å². The van der Waals surface area contributed by atoms with Crippen molar-refractivity contribution in [2.75, 3.05) is 31.5 Å². The van der Waals surface area contributed by atoms with Gasteiger partial charge in [0.05, 0.1) is 6.54 Å². The molecule has 0 unspecified atom stereocenters. The zero-order valence-corrected chi connectivity index (χ0v) is 11.9. The molecule has 1 aromatic heterocycles. The molecule has 2 heterocycles. The molecule has 2 N–H and O–H groups in total. The molecule has 0 saturated carbocycles. The number of hydrogen-bond donors (Lipinski definition) is 2. The van der Waals surface area contributed by atoms with Gasteiger partial charge in [0.1, 0.15) is 5.82 Å². The first-order chi connectivity index (χ1) is 8.69. The summed E-state index contributed by atoms with van der Waals surface area (Å²) in [5.74, 6) is 0.574. The van der Waals surface area contributed by atoms with Crippen molar-refractivity contribution < 1.29 is 4.79 Å². The first-order valence-corrected chi connectivity index (χ1v) is 6.84. The molecule has 0 spiro atoms. The molecule has 1 amide bonds. The Kier molecular flexibility index (Phi) is 4.68. The fourth-order valence-corrected chi connectivity index (χ4v) is 2.08. The number of anilines is 1. The van der Waals surface area contributed by atoms with Gasteiger partial charge in [-0.05, 0) is 34.6 Å². The van der Waals surface area contributed by atoms with Crippen molar-refractivity contribution in [3.05, 3.63) is 22.8 Å². The van der Waals surface area contributed by atoms with E-state index in [4.69, 9.17) is 0 Å². The highest BCUT2D eigenvalue weighted by atomic mass is 79.9. The molecule has 1 aromatic rings. The van der Waals surface area contributed by atoms with Crippen molar-refractivity contribution >= 4 is 27.7 Å². The second-order valence-electron chi connectivity index (χ2n) is 4.29. The van der Waals surface area contributed by atoms with Crippen LogP contribution >= 0.6 is 15.9 Å². The summed E-state index contributed by atoms with van der Waals surface area (Å²) in [6.45, 7) is 5.31. The maximum absolute atomic E-state index is 11.9. The van der Waals surface area contributed by atoms with E-state index in [-0.39, 0.29) is 5.91 Å². The van der Waals surface area contributed by atoms with Gasteiger partial charge in [-0.25, -0.2) is 4.98 Å². The van der Waals surface area contributed by atoms with E-state index in [1.54, 1.807) is 12.3 Å². The average molecular weight is 313 g/mol. The van der Waals surface area contributed by atoms with Crippen LogP contribution < -0.4 is 10.6 Å². The predicted octanol–water partition coefficient (Wildman–Crippen LogP) is 1.08. The molecular weight excluding hydrogens is 296 g/mol. The minimum absolute atomic E-state index is 0.0152. The maximum Gasteiger partial charge on any atom is 0.239 e. The molecule has 98 valence electrons. The third kappa shape index (κ3) is 3.51. The van der Waals surface area contributed by atoms with Crippen LogP contribution in [0.25, 0.3) is 0 Å². The topological polar surface area (TPSA) is 57.3 Å². The van der Waals surface area contributed by atoms with E-state index >= 15 is 0 Å². The first-order valence-electron chi connectivity index (χ1n) is 6.05. The third-order valence-electron chi connectivity index (χ3n) is 3.02. The SMILES string of the molecule is CCN(CC(=O)Nc1ccc(Br)cn1)C1CNC1. The van der Waals surface area contributed by atoms with E-state index in [1.165, 1.54) is 0 Å². The smallest absolute Gasteiger partial charge is 0.239 e. The van der Waals surface area contributed by atoms with E-state index in [0.29, 0.717) is 18.4 Å². The second kappa shape index (κ2) is 6.26. The van der Waals surface area contributed by atoms with Crippen LogP contribution in [0, 0.1) is 0 Å². The Bertz CT molecular complexity index is 405. The number of pyridine rings is 1. The number of amides is 1. The van der Waals surface area contributed by atoms with Gasteiger partial charge in [-0.15, -0.1) is 0 Å². The zero-order chi connectivity index (χ0) is 13.0. The molecule has 1 fully saturated rings. The van der Waals surface area contributed by atoms with Crippen LogP contribution in [0.15, 0.2) is 22.8 Å². The number of rotatable bonds is 5. The Hall–Kier alpha value is -0.980. The Balaban J connectivity index is 1.85. The number of hydrogen-bond acceptors (Lipinski definition) is 4. The van der Waals surface area contributed by atoms with Crippen molar-refractivity contribution in [2.24, 2.45) is 0 Å². The molecule has 1 aliphatic rings. The van der Waals surface area contributed by atoms with Crippen molar-refractivity contribution in [3.63, 3.8) is 0 Å². The summed E-state index contributed by atoms with van der Waals surface area (Å²) in [6.07, 6.45) is 1.67. The largest absolute Gasteiger partial charge is 0.314 e. The lowest BCUT2D eigenvalue weighted by atomic mass is 10.1. The fourth-order valence-electron chi connectivity index (χ4n) is 1.85. The lowest BCUT2D eigenvalue weighted by Crippen LogP contribution is -2.58. The number of likely N-dealkylation sites (N-methyl/N-ethyl adjacent to an activating group) is 1. The van der Waals surface area contributed by atoms with Crippen LogP contribution in [0.3, 0.4) is 0 Å². The molecule has 0 bridgehead atoms. The highest BCUT2D eigenvalue weighted by Crippen LogP contribution is 2.11. The van der Waals surface area contributed by atoms with Crippen molar-refractivity contribution in [3.8, 4) is 0 Å². The standard InChI is InChI=1S/C12H17BrN4O/c1-2-17(10-6-14-7-10)8-12(18)16-11-4-3-9(13)5-15-11/h3-5,10,14H,2,6-8H2,1H3,(H,15,16,18). The molecule has 6 heteroatoms. The van der Waals surface area contributed by atoms with Crippen molar-refractivity contribution in [2.45, 2.75) is 13.0 Å². The minimum Gasteiger partial charge on any atom is -0.314 e. The fraction of sp³-hybridized carbons (Fsp3) is 0.500. The summed E-state index contributed by atoms with van der Waals surface area (Å²) in [4.78, 5) is 18.2. The third-order valence-corrected chi connectivity index (χ3v) is 3.49. The molecule has 18 heavy (non-hydrogen) atoms. The lowest BCUT2D eigenvalue weighted by molar-refractivity contribution is -0.118. The predicted molar refractivity (Wildman–Crippen MR) is 74.5 cm³/mol. The number of carbonyl (C=O) groups is 1. The Morgan fingerprint density at radius 1 is 1.61 bits per heavy atom. The van der Waals surface area contributed by atoms with Gasteiger partial charge in [-0.3, -0.25) is 9.69 Å². The lowest BCUT2D eigenvalue weighted by Gasteiger charge is -2.37. The van der Waals surface area contributed by atoms with Gasteiger partial charge in [0.2, 0.25) is 5.91 Å². The molecule has 0 aromatic carbocycles. The summed E-state index contributed by atoms with van der Waals surface area (Å²) in [6, 6.07) is 4.12. The van der Waals surface area contributed by atoms with E-state index < -0.39 is 0 Å². The van der Waals surface area contributed by atoms with Gasteiger partial charge in [0, 0.05) is 29.8 Å². The summed E-state index contributed by atoms with van der Waals surface area (Å²) >= 11 is 3.31. The number of aromatic nitrogens is 1. The van der Waals surface area contributed by atoms with Gasteiger partial charge in [-0.2, -0.15) is 0 Å². The number of nitrogens with zero attached hydrogens (tertiary/aromatic N) is 2. The van der Waals surface area contributed by atoms with Gasteiger partial charge in [0.15, 0.2) is 0 Å². The van der Waals surface area contributed by atoms with Crippen LogP contribution in [-0.2, 0) is 4.79 Å². The average Bonchev–Trinajstić information content (AvgIpc) is 2.29. The molecule has 0 aliphatic carbocycles. The number of carbonyl (C=O) groups excluding carboxylic acids is 1. The zero-order valence-electron chi connectivity index (χ0n) is 10.3. The van der Waals surface area contributed by atoms with Gasteiger partial charge >= 0.3 is 0 Å². The normalized spacial score (nSPS) is 15.5. The van der Waals surface area contributed by atoms with Gasteiger partial charge in [-0.1, -0.05) is 6.92 Å².